The summed E-state index contributed by atoms with van der Waals surface area (Å²) in [4.78, 5) is 13.9. The third kappa shape index (κ3) is 4.15. The lowest BCUT2D eigenvalue weighted by Gasteiger charge is -2.26. The lowest BCUT2D eigenvalue weighted by atomic mass is 10.0. The number of nitrogens with zero attached hydrogens (tertiary/aromatic N) is 6. The van der Waals surface area contributed by atoms with Crippen LogP contribution in [0.4, 0.5) is 10.2 Å². The van der Waals surface area contributed by atoms with Crippen molar-refractivity contribution in [2.24, 2.45) is 0 Å². The Morgan fingerprint density at radius 1 is 0.971 bits per heavy atom. The monoisotopic (exact) mass is 458 g/mol. The zero-order valence-electron chi connectivity index (χ0n) is 19.0. The molecule has 1 unspecified atom stereocenters. The standard InChI is InChI=1S/C26H27FN6O/c27-21-4-1-3-20(15-21)23-5-2-10-32(23)26-9-8-25-29-17-24(33(25)30-26)22-7-6-19(16-28-22)18-31-11-13-34-14-12-31/h1,3-4,6-9,15-17,23H,2,5,10-14,18H2. The second kappa shape index (κ2) is 9.12. The second-order valence-electron chi connectivity index (χ2n) is 8.95. The lowest BCUT2D eigenvalue weighted by Crippen LogP contribution is -2.35. The van der Waals surface area contributed by atoms with E-state index in [-0.39, 0.29) is 11.9 Å². The van der Waals surface area contributed by atoms with Gasteiger partial charge in [0.2, 0.25) is 0 Å². The maximum atomic E-state index is 13.9. The zero-order chi connectivity index (χ0) is 22.9. The Bertz CT molecular complexity index is 1280. The maximum absolute atomic E-state index is 13.9. The minimum atomic E-state index is -0.201. The van der Waals surface area contributed by atoms with Crippen LogP contribution in [0.2, 0.25) is 0 Å². The molecule has 1 atom stereocenters. The predicted molar refractivity (Wildman–Crippen MR) is 128 cm³/mol. The van der Waals surface area contributed by atoms with Crippen molar-refractivity contribution >= 4 is 11.5 Å². The third-order valence-corrected chi connectivity index (χ3v) is 6.73. The highest BCUT2D eigenvalue weighted by molar-refractivity contribution is 5.60. The van der Waals surface area contributed by atoms with Crippen LogP contribution in [-0.2, 0) is 11.3 Å². The Balaban J connectivity index is 1.27. The summed E-state index contributed by atoms with van der Waals surface area (Å²) in [5.41, 5.74) is 4.65. The van der Waals surface area contributed by atoms with Gasteiger partial charge < -0.3 is 9.64 Å². The molecule has 2 aliphatic heterocycles. The van der Waals surface area contributed by atoms with Gasteiger partial charge in [-0.3, -0.25) is 9.88 Å². The fourth-order valence-corrected chi connectivity index (χ4v) is 4.98. The Kier molecular flexibility index (Phi) is 5.68. The Morgan fingerprint density at radius 3 is 2.71 bits per heavy atom. The van der Waals surface area contributed by atoms with E-state index in [0.29, 0.717) is 0 Å². The molecule has 5 heterocycles. The normalized spacial score (nSPS) is 19.2. The Hall–Kier alpha value is -3.36. The number of hydrogen-bond acceptors (Lipinski definition) is 6. The molecule has 34 heavy (non-hydrogen) atoms. The smallest absolute Gasteiger partial charge is 0.154 e. The first-order chi connectivity index (χ1) is 16.7. The average Bonchev–Trinajstić information content (AvgIpc) is 3.52. The Labute approximate surface area is 197 Å². The van der Waals surface area contributed by atoms with Crippen LogP contribution in [-0.4, -0.2) is 57.3 Å². The van der Waals surface area contributed by atoms with E-state index in [1.807, 2.05) is 41.2 Å². The van der Waals surface area contributed by atoms with Gasteiger partial charge in [-0.2, -0.15) is 0 Å². The second-order valence-corrected chi connectivity index (χ2v) is 8.95. The molecule has 174 valence electrons. The van der Waals surface area contributed by atoms with E-state index in [4.69, 9.17) is 14.8 Å². The molecule has 6 rings (SSSR count). The molecule has 3 aromatic heterocycles. The van der Waals surface area contributed by atoms with Gasteiger partial charge in [-0.1, -0.05) is 18.2 Å². The number of imidazole rings is 1. The maximum Gasteiger partial charge on any atom is 0.154 e. The van der Waals surface area contributed by atoms with E-state index in [0.717, 1.165) is 80.7 Å². The molecule has 1 aromatic carbocycles. The molecule has 8 heteroatoms. The molecular weight excluding hydrogens is 431 g/mol. The first-order valence-corrected chi connectivity index (χ1v) is 11.9. The number of fused-ring (bicyclic) bond motifs is 1. The molecule has 4 aromatic rings. The van der Waals surface area contributed by atoms with Crippen LogP contribution in [0.15, 0.2) is 60.9 Å². The van der Waals surface area contributed by atoms with Crippen LogP contribution in [0.5, 0.6) is 0 Å². The van der Waals surface area contributed by atoms with E-state index in [2.05, 4.69) is 20.9 Å². The summed E-state index contributed by atoms with van der Waals surface area (Å²) in [5.74, 6) is 0.662. The SMILES string of the molecule is Fc1cccc(C2CCCN2c2ccc3ncc(-c4ccc(CN5CCOCC5)cn4)n3n2)c1. The number of rotatable bonds is 5. The number of hydrogen-bond donors (Lipinski definition) is 0. The largest absolute Gasteiger partial charge is 0.379 e. The summed E-state index contributed by atoms with van der Waals surface area (Å²) in [6.07, 6.45) is 5.79. The molecule has 0 bridgehead atoms. The van der Waals surface area contributed by atoms with Gasteiger partial charge in [-0.25, -0.2) is 13.9 Å². The van der Waals surface area contributed by atoms with Crippen LogP contribution in [0.1, 0.15) is 30.0 Å². The van der Waals surface area contributed by atoms with E-state index < -0.39 is 0 Å². The number of halogens is 1. The molecule has 0 N–H and O–H groups in total. The topological polar surface area (TPSA) is 58.8 Å². The summed E-state index contributed by atoms with van der Waals surface area (Å²) < 4.78 is 21.2. The van der Waals surface area contributed by atoms with Crippen molar-refractivity contribution < 1.29 is 9.13 Å². The van der Waals surface area contributed by atoms with E-state index in [9.17, 15) is 4.39 Å². The minimum Gasteiger partial charge on any atom is -0.379 e. The van der Waals surface area contributed by atoms with Crippen molar-refractivity contribution in [1.29, 1.82) is 0 Å². The van der Waals surface area contributed by atoms with Crippen molar-refractivity contribution in [3.63, 3.8) is 0 Å². The van der Waals surface area contributed by atoms with Crippen LogP contribution < -0.4 is 4.90 Å². The first kappa shape index (κ1) is 21.2. The van der Waals surface area contributed by atoms with Gasteiger partial charge in [0.1, 0.15) is 17.3 Å². The van der Waals surface area contributed by atoms with Gasteiger partial charge in [-0.15, -0.1) is 5.10 Å². The summed E-state index contributed by atoms with van der Waals surface area (Å²) in [6.45, 7) is 5.25. The van der Waals surface area contributed by atoms with Crippen molar-refractivity contribution in [2.45, 2.75) is 25.4 Å². The molecule has 2 saturated heterocycles. The Morgan fingerprint density at radius 2 is 1.88 bits per heavy atom. The highest BCUT2D eigenvalue weighted by atomic mass is 19.1. The molecule has 0 aliphatic carbocycles. The first-order valence-electron chi connectivity index (χ1n) is 11.9. The van der Waals surface area contributed by atoms with Gasteiger partial charge in [0, 0.05) is 32.4 Å². The number of benzene rings is 1. The lowest BCUT2D eigenvalue weighted by molar-refractivity contribution is 0.0341. The van der Waals surface area contributed by atoms with E-state index >= 15 is 0 Å². The minimum absolute atomic E-state index is 0.116. The van der Waals surface area contributed by atoms with Gasteiger partial charge in [0.05, 0.1) is 31.1 Å². The number of ether oxygens (including phenoxy) is 1. The summed E-state index contributed by atoms with van der Waals surface area (Å²) >= 11 is 0. The van der Waals surface area contributed by atoms with Crippen LogP contribution in [0.25, 0.3) is 17.0 Å². The van der Waals surface area contributed by atoms with Gasteiger partial charge in [0.25, 0.3) is 0 Å². The predicted octanol–water partition coefficient (Wildman–Crippen LogP) is 4.10. The molecule has 0 spiro atoms. The van der Waals surface area contributed by atoms with Crippen molar-refractivity contribution in [3.05, 3.63) is 77.9 Å². The van der Waals surface area contributed by atoms with Gasteiger partial charge in [-0.05, 0) is 54.3 Å². The fraction of sp³-hybridized carbons (Fsp3) is 0.346. The van der Waals surface area contributed by atoms with Crippen LogP contribution >= 0.6 is 0 Å². The number of pyridine rings is 1. The summed E-state index contributed by atoms with van der Waals surface area (Å²) in [5, 5.41) is 4.93. The van der Waals surface area contributed by atoms with Gasteiger partial charge >= 0.3 is 0 Å². The molecule has 0 radical (unpaired) electrons. The van der Waals surface area contributed by atoms with Crippen molar-refractivity contribution in [3.8, 4) is 11.4 Å². The van der Waals surface area contributed by atoms with E-state index in [1.54, 1.807) is 12.1 Å². The highest BCUT2D eigenvalue weighted by Crippen LogP contribution is 2.35. The van der Waals surface area contributed by atoms with Crippen LogP contribution in [0, 0.1) is 5.82 Å². The average molecular weight is 459 g/mol. The quantitative estimate of drug-likeness (QED) is 0.449. The highest BCUT2D eigenvalue weighted by Gasteiger charge is 2.28. The molecular formula is C26H27FN6O. The summed E-state index contributed by atoms with van der Waals surface area (Å²) in [6, 6.07) is 15.2. The summed E-state index contributed by atoms with van der Waals surface area (Å²) in [7, 11) is 0. The number of anilines is 1. The molecule has 7 nitrogen and oxygen atoms in total. The molecule has 2 aliphatic rings. The molecule has 2 fully saturated rings. The van der Waals surface area contributed by atoms with Crippen molar-refractivity contribution in [1.82, 2.24) is 24.5 Å². The van der Waals surface area contributed by atoms with E-state index in [1.165, 1.54) is 11.6 Å². The van der Waals surface area contributed by atoms with Crippen molar-refractivity contribution in [2.75, 3.05) is 37.7 Å². The number of aromatic nitrogens is 4. The molecule has 0 saturated carbocycles. The number of morpholine rings is 1. The van der Waals surface area contributed by atoms with Crippen LogP contribution in [0.3, 0.4) is 0 Å². The third-order valence-electron chi connectivity index (χ3n) is 6.73. The van der Waals surface area contributed by atoms with Gasteiger partial charge in [0.15, 0.2) is 5.65 Å². The fourth-order valence-electron chi connectivity index (χ4n) is 4.98. The zero-order valence-corrected chi connectivity index (χ0v) is 19.0. The molecule has 0 amide bonds.